The summed E-state index contributed by atoms with van der Waals surface area (Å²) in [5.41, 5.74) is 6.49. The van der Waals surface area contributed by atoms with Gasteiger partial charge in [-0.25, -0.2) is 19.8 Å². The number of aliphatic imine (C=N–C) groups is 3. The van der Waals surface area contributed by atoms with Crippen molar-refractivity contribution in [3.8, 4) is 0 Å². The van der Waals surface area contributed by atoms with Crippen LogP contribution in [0.5, 0.6) is 0 Å². The van der Waals surface area contributed by atoms with Crippen LogP contribution in [-0.4, -0.2) is 66.9 Å². The van der Waals surface area contributed by atoms with Crippen molar-refractivity contribution in [3.63, 3.8) is 0 Å². The number of esters is 2. The monoisotopic (exact) mass is 650 g/mol. The summed E-state index contributed by atoms with van der Waals surface area (Å²) in [4.78, 5) is 55.4. The number of allylic oxidation sites excluding steroid dienone is 10. The Hall–Kier alpha value is -5.16. The van der Waals surface area contributed by atoms with Gasteiger partial charge < -0.3 is 24.6 Å². The second-order valence-corrected chi connectivity index (χ2v) is 12.2. The van der Waals surface area contributed by atoms with E-state index in [-0.39, 0.29) is 35.4 Å². The Balaban J connectivity index is 1.72. The van der Waals surface area contributed by atoms with Gasteiger partial charge in [0.15, 0.2) is 0 Å². The van der Waals surface area contributed by atoms with Crippen molar-refractivity contribution in [1.29, 1.82) is 0 Å². The second-order valence-electron chi connectivity index (χ2n) is 12.2. The van der Waals surface area contributed by atoms with Crippen LogP contribution in [0.4, 0.5) is 0 Å². The van der Waals surface area contributed by atoms with Crippen LogP contribution in [-0.2, 0) is 28.6 Å². The summed E-state index contributed by atoms with van der Waals surface area (Å²) in [5.74, 6) is -2.42. The van der Waals surface area contributed by atoms with E-state index in [0.717, 1.165) is 28.7 Å². The zero-order valence-corrected chi connectivity index (χ0v) is 28.1. The lowest BCUT2D eigenvalue weighted by Crippen LogP contribution is -2.49. The molecule has 0 radical (unpaired) electrons. The number of hydrogen-bond donors (Lipinski definition) is 2. The molecule has 1 aliphatic carbocycles. The lowest BCUT2D eigenvalue weighted by molar-refractivity contribution is -0.164. The van der Waals surface area contributed by atoms with E-state index in [1.54, 1.807) is 19.1 Å². The molecule has 0 aromatic heterocycles. The molecular weight excluding hydrogens is 612 g/mol. The number of aliphatic hydroxyl groups excluding tert-OH is 1. The molecule has 48 heavy (non-hydrogen) atoms. The zero-order chi connectivity index (χ0) is 34.7. The maximum absolute atomic E-state index is 14.5. The summed E-state index contributed by atoms with van der Waals surface area (Å²) in [6.07, 6.45) is 9.37. The fraction of sp³-hybridized carbons (Fsp3) is 0.351. The molecule has 248 valence electrons. The molecule has 1 saturated heterocycles. The molecule has 2 N–H and O–H groups in total. The molecule has 8 bridgehead atoms. The number of hydrogen-bond acceptors (Lipinski definition) is 11. The standard InChI is InChI=1S/C37H38N4O7/c1-9-20-17(3)24-13-25-18(4)22(11-12-30(43)46-6)33(40-25)32-34-31(35(44)37(32,48-8)36(45)47-7)19(5)26(41-34)14-28-21(10-2)23(16-42)29(39-28)15-27(20)38-24/h9,13-16,18,22,40,42H,1,10-12H2,2-8H3/b23-16+,25-13?,26-14?,27-15?,33-32?/t18-,22-,37+/m0/s1. The van der Waals surface area contributed by atoms with Gasteiger partial charge in [0.05, 0.1) is 60.3 Å². The van der Waals surface area contributed by atoms with E-state index in [1.165, 1.54) is 21.3 Å². The highest BCUT2D eigenvalue weighted by atomic mass is 16.6. The zero-order valence-electron chi connectivity index (χ0n) is 28.1. The third-order valence-corrected chi connectivity index (χ3v) is 10.0. The Morgan fingerprint density at radius 2 is 1.79 bits per heavy atom. The quantitative estimate of drug-likeness (QED) is 0.219. The van der Waals surface area contributed by atoms with Gasteiger partial charge in [0.2, 0.25) is 5.78 Å². The molecule has 0 spiro atoms. The normalized spacial score (nSPS) is 26.8. The third kappa shape index (κ3) is 4.59. The Kier molecular flexibility index (Phi) is 8.28. The molecule has 6 aliphatic rings. The van der Waals surface area contributed by atoms with E-state index in [4.69, 9.17) is 29.2 Å². The number of rotatable bonds is 7. The number of Topliss-reactive ketones (excluding diaryl/α,β-unsaturated/α-hetero) is 1. The number of ketones is 1. The number of carbonyl (C=O) groups excluding carboxylic acids is 3. The van der Waals surface area contributed by atoms with E-state index in [0.29, 0.717) is 63.9 Å². The minimum atomic E-state index is -2.13. The van der Waals surface area contributed by atoms with E-state index in [9.17, 15) is 19.5 Å². The van der Waals surface area contributed by atoms with Crippen LogP contribution in [0, 0.1) is 11.8 Å². The van der Waals surface area contributed by atoms with Crippen LogP contribution in [0.1, 0.15) is 47.0 Å². The van der Waals surface area contributed by atoms with Gasteiger partial charge in [0.25, 0.3) is 5.60 Å². The average molecular weight is 651 g/mol. The third-order valence-electron chi connectivity index (χ3n) is 10.0. The number of nitrogens with one attached hydrogen (secondary N) is 1. The molecule has 6 rings (SSSR count). The lowest BCUT2D eigenvalue weighted by atomic mass is 9.83. The highest BCUT2D eigenvalue weighted by Gasteiger charge is 2.63. The van der Waals surface area contributed by atoms with Crippen LogP contribution < -0.4 is 5.32 Å². The van der Waals surface area contributed by atoms with E-state index >= 15 is 0 Å². The molecule has 3 atom stereocenters. The maximum Gasteiger partial charge on any atom is 0.351 e. The maximum atomic E-state index is 14.5. The summed E-state index contributed by atoms with van der Waals surface area (Å²) in [5, 5.41) is 13.9. The fourth-order valence-electron chi connectivity index (χ4n) is 7.38. The molecule has 0 aromatic carbocycles. The molecule has 2 fully saturated rings. The molecular formula is C37H38N4O7. The SMILES string of the molecule is C=CC1=C(C)C2=NC1=CC1=NC(=C(CC)/C1=C\O)C=C1N=C3C(=C1C)C(=O)[C@@](OC)(C(=O)OC)C3=C1NC(=C2)[C@@H](C)[C@@H]1CCC(=O)OC. The van der Waals surface area contributed by atoms with Crippen LogP contribution in [0.3, 0.4) is 0 Å². The molecule has 5 aliphatic heterocycles. The smallest absolute Gasteiger partial charge is 0.351 e. The number of fused-ring (bicyclic) bond motifs is 5. The molecule has 0 unspecified atom stereocenters. The van der Waals surface area contributed by atoms with Crippen molar-refractivity contribution in [2.45, 2.75) is 52.6 Å². The molecule has 0 aromatic rings. The highest BCUT2D eigenvalue weighted by molar-refractivity contribution is 6.46. The van der Waals surface area contributed by atoms with Gasteiger partial charge in [-0.2, -0.15) is 0 Å². The molecule has 1 saturated carbocycles. The number of methoxy groups -OCH3 is 3. The van der Waals surface area contributed by atoms with Crippen LogP contribution in [0.15, 0.2) is 120 Å². The van der Waals surface area contributed by atoms with Gasteiger partial charge in [0, 0.05) is 53.5 Å². The van der Waals surface area contributed by atoms with Gasteiger partial charge in [-0.1, -0.05) is 26.5 Å². The summed E-state index contributed by atoms with van der Waals surface area (Å²) in [6.45, 7) is 11.7. The lowest BCUT2D eigenvalue weighted by Gasteiger charge is -2.27. The predicted octanol–water partition coefficient (Wildman–Crippen LogP) is 5.14. The van der Waals surface area contributed by atoms with E-state index < -0.39 is 17.4 Å². The van der Waals surface area contributed by atoms with Crippen molar-refractivity contribution >= 4 is 34.9 Å². The summed E-state index contributed by atoms with van der Waals surface area (Å²) < 4.78 is 16.1. The summed E-state index contributed by atoms with van der Waals surface area (Å²) in [7, 11) is 3.85. The topological polar surface area (TPSA) is 148 Å². The van der Waals surface area contributed by atoms with Gasteiger partial charge >= 0.3 is 11.9 Å². The minimum absolute atomic E-state index is 0.102. The largest absolute Gasteiger partial charge is 0.515 e. The van der Waals surface area contributed by atoms with Crippen LogP contribution in [0.25, 0.3) is 0 Å². The van der Waals surface area contributed by atoms with E-state index in [2.05, 4.69) is 11.9 Å². The van der Waals surface area contributed by atoms with Crippen molar-refractivity contribution < 1.29 is 33.7 Å². The fourth-order valence-corrected chi connectivity index (χ4v) is 7.38. The Bertz CT molecular complexity index is 1960. The van der Waals surface area contributed by atoms with Crippen molar-refractivity contribution in [1.82, 2.24) is 5.32 Å². The van der Waals surface area contributed by atoms with Crippen LogP contribution >= 0.6 is 0 Å². The Morgan fingerprint density at radius 1 is 1.04 bits per heavy atom. The molecule has 11 nitrogen and oxygen atoms in total. The van der Waals surface area contributed by atoms with Gasteiger partial charge in [0.1, 0.15) is 0 Å². The number of nitrogens with zero attached hydrogens (tertiary/aromatic N) is 3. The van der Waals surface area contributed by atoms with Crippen LogP contribution in [0.2, 0.25) is 0 Å². The molecule has 5 heterocycles. The molecule has 0 amide bonds. The number of ether oxygens (including phenoxy) is 3. The second kappa shape index (κ2) is 12.1. The summed E-state index contributed by atoms with van der Waals surface area (Å²) in [6, 6.07) is 0. The first-order chi connectivity index (χ1) is 23.0. The number of aliphatic hydroxyl groups is 1. The van der Waals surface area contributed by atoms with Gasteiger partial charge in [-0.15, -0.1) is 0 Å². The molecule has 11 heteroatoms. The Labute approximate surface area is 278 Å². The predicted molar refractivity (Wildman–Crippen MR) is 181 cm³/mol. The summed E-state index contributed by atoms with van der Waals surface area (Å²) >= 11 is 0. The van der Waals surface area contributed by atoms with Crippen molar-refractivity contribution in [2.24, 2.45) is 26.8 Å². The Morgan fingerprint density at radius 3 is 2.42 bits per heavy atom. The first-order valence-corrected chi connectivity index (χ1v) is 15.8. The first kappa shape index (κ1) is 32.8. The van der Waals surface area contributed by atoms with Crippen molar-refractivity contribution in [3.05, 3.63) is 105 Å². The van der Waals surface area contributed by atoms with Gasteiger partial charge in [-0.05, 0) is 61.6 Å². The minimum Gasteiger partial charge on any atom is -0.515 e. The van der Waals surface area contributed by atoms with Gasteiger partial charge in [-0.3, -0.25) is 9.59 Å². The number of carbonyl (C=O) groups is 3. The average Bonchev–Trinajstić information content (AvgIpc) is 3.82. The van der Waals surface area contributed by atoms with Crippen molar-refractivity contribution in [2.75, 3.05) is 21.3 Å². The highest BCUT2D eigenvalue weighted by Crippen LogP contribution is 2.50. The first-order valence-electron chi connectivity index (χ1n) is 15.8. The van der Waals surface area contributed by atoms with E-state index in [1.807, 2.05) is 32.9 Å².